The van der Waals surface area contributed by atoms with Gasteiger partial charge in [0, 0.05) is 50.5 Å². The van der Waals surface area contributed by atoms with E-state index in [1.807, 2.05) is 29.2 Å². The van der Waals surface area contributed by atoms with Crippen LogP contribution in [0.25, 0.3) is 11.1 Å². The lowest BCUT2D eigenvalue weighted by molar-refractivity contribution is 0.0989. The van der Waals surface area contributed by atoms with Gasteiger partial charge in [-0.1, -0.05) is 60.7 Å². The molecule has 5 nitrogen and oxygen atoms in total. The van der Waals surface area contributed by atoms with Crippen LogP contribution < -0.4 is 14.5 Å². The minimum atomic E-state index is 0.0830. The molecule has 0 N–H and O–H groups in total. The van der Waals surface area contributed by atoms with Gasteiger partial charge in [-0.2, -0.15) is 0 Å². The maximum atomic E-state index is 13.6. The molecule has 0 radical (unpaired) electrons. The van der Waals surface area contributed by atoms with Gasteiger partial charge in [0.05, 0.1) is 11.8 Å². The molecule has 2 aliphatic rings. The highest BCUT2D eigenvalue weighted by atomic mass is 16.5. The fraction of sp³-hybridized carbons (Fsp3) is 0.286. The molecule has 0 aromatic heterocycles. The zero-order valence-corrected chi connectivity index (χ0v) is 23.4. The number of fused-ring (bicyclic) bond motifs is 1. The molecule has 0 spiro atoms. The van der Waals surface area contributed by atoms with Crippen LogP contribution in [0.4, 0.5) is 11.4 Å². The minimum Gasteiger partial charge on any atom is -0.489 e. The molecule has 0 aliphatic carbocycles. The highest BCUT2D eigenvalue weighted by Crippen LogP contribution is 2.34. The summed E-state index contributed by atoms with van der Waals surface area (Å²) in [6.07, 6.45) is 1.04. The van der Waals surface area contributed by atoms with E-state index in [-0.39, 0.29) is 12.0 Å². The van der Waals surface area contributed by atoms with Gasteiger partial charge in [0.2, 0.25) is 0 Å². The van der Waals surface area contributed by atoms with Crippen molar-refractivity contribution >= 4 is 17.3 Å². The number of ether oxygens (including phenoxy) is 1. The molecule has 2 heterocycles. The summed E-state index contributed by atoms with van der Waals surface area (Å²) in [5, 5.41) is 0. The van der Waals surface area contributed by atoms with Crippen LogP contribution in [0, 0.1) is 0 Å². The van der Waals surface area contributed by atoms with E-state index in [0.29, 0.717) is 0 Å². The van der Waals surface area contributed by atoms with Crippen molar-refractivity contribution in [2.24, 2.45) is 0 Å². The predicted octanol–water partition coefficient (Wildman–Crippen LogP) is 6.67. The number of hydrogen-bond donors (Lipinski definition) is 0. The molecule has 4 aromatic carbocycles. The molecule has 40 heavy (non-hydrogen) atoms. The first-order valence-electron chi connectivity index (χ1n) is 14.4. The molecule has 0 atom stereocenters. The van der Waals surface area contributed by atoms with Gasteiger partial charge in [-0.05, 0) is 78.9 Å². The monoisotopic (exact) mass is 531 g/mol. The number of nitrogens with zero attached hydrogens (tertiary/aromatic N) is 3. The molecular weight excluding hydrogens is 494 g/mol. The number of piperazine rings is 1. The van der Waals surface area contributed by atoms with Crippen molar-refractivity contribution in [3.63, 3.8) is 0 Å². The lowest BCUT2D eigenvalue weighted by Crippen LogP contribution is -2.46. The quantitative estimate of drug-likeness (QED) is 0.267. The summed E-state index contributed by atoms with van der Waals surface area (Å²) < 4.78 is 6.06. The smallest absolute Gasteiger partial charge is 0.258 e. The Morgan fingerprint density at radius 1 is 0.750 bits per heavy atom. The molecule has 2 aliphatic heterocycles. The molecule has 6 rings (SSSR count). The third-order valence-electron chi connectivity index (χ3n) is 7.85. The van der Waals surface area contributed by atoms with Crippen molar-refractivity contribution in [2.45, 2.75) is 32.9 Å². The largest absolute Gasteiger partial charge is 0.489 e. The summed E-state index contributed by atoms with van der Waals surface area (Å²) in [6, 6.07) is 33.4. The van der Waals surface area contributed by atoms with Crippen molar-refractivity contribution in [2.75, 3.05) is 42.5 Å². The van der Waals surface area contributed by atoms with Crippen molar-refractivity contribution in [3.05, 3.63) is 114 Å². The van der Waals surface area contributed by atoms with E-state index >= 15 is 0 Å². The number of para-hydroxylation sites is 2. The number of hydrogen-bond acceptors (Lipinski definition) is 4. The highest BCUT2D eigenvalue weighted by Gasteiger charge is 2.26. The third-order valence-corrected chi connectivity index (χ3v) is 7.85. The van der Waals surface area contributed by atoms with Gasteiger partial charge in [-0.25, -0.2) is 0 Å². The van der Waals surface area contributed by atoms with E-state index in [9.17, 15) is 4.79 Å². The Kier molecular flexibility index (Phi) is 7.56. The highest BCUT2D eigenvalue weighted by molar-refractivity contribution is 6.07. The molecule has 5 heteroatoms. The van der Waals surface area contributed by atoms with Gasteiger partial charge in [0.1, 0.15) is 5.75 Å². The number of carbonyl (C=O) groups excluding carboxylic acids is 1. The lowest BCUT2D eigenvalue weighted by atomic mass is 10.0. The fourth-order valence-corrected chi connectivity index (χ4v) is 5.86. The van der Waals surface area contributed by atoms with Crippen molar-refractivity contribution in [3.8, 4) is 16.9 Å². The van der Waals surface area contributed by atoms with E-state index in [1.165, 1.54) is 27.9 Å². The molecular formula is C35H37N3O2. The van der Waals surface area contributed by atoms with Crippen LogP contribution in [0.1, 0.15) is 35.3 Å². The molecule has 1 fully saturated rings. The first-order chi connectivity index (χ1) is 19.5. The average Bonchev–Trinajstić information content (AvgIpc) is 3.41. The van der Waals surface area contributed by atoms with Crippen LogP contribution in [0.5, 0.6) is 5.75 Å². The van der Waals surface area contributed by atoms with Crippen LogP contribution in [-0.2, 0) is 13.0 Å². The minimum absolute atomic E-state index is 0.0830. The van der Waals surface area contributed by atoms with Crippen LogP contribution in [0.15, 0.2) is 97.1 Å². The van der Waals surface area contributed by atoms with E-state index in [0.717, 1.165) is 62.7 Å². The van der Waals surface area contributed by atoms with Gasteiger partial charge in [0.25, 0.3) is 5.91 Å². The van der Waals surface area contributed by atoms with Gasteiger partial charge in [-0.3, -0.25) is 9.69 Å². The Morgan fingerprint density at radius 2 is 1.52 bits per heavy atom. The summed E-state index contributed by atoms with van der Waals surface area (Å²) in [6.45, 7) is 9.54. The number of benzene rings is 4. The summed E-state index contributed by atoms with van der Waals surface area (Å²) in [4.78, 5) is 20.4. The summed E-state index contributed by atoms with van der Waals surface area (Å²) in [7, 11) is 0. The van der Waals surface area contributed by atoms with Gasteiger partial charge >= 0.3 is 0 Å². The fourth-order valence-electron chi connectivity index (χ4n) is 5.86. The third kappa shape index (κ3) is 5.61. The lowest BCUT2D eigenvalue weighted by Gasteiger charge is -2.37. The van der Waals surface area contributed by atoms with Crippen LogP contribution in [0.2, 0.25) is 0 Å². The average molecular weight is 532 g/mol. The Balaban J connectivity index is 1.10. The standard InChI is InChI=1S/C35H37N3O2/c1-26(2)40-34-14-7-6-13-33(34)37-21-19-36(20-22-37)25-27-9-8-12-31(23-27)35(39)38-18-17-30-24-29(15-16-32(30)38)28-10-4-3-5-11-28/h3-16,23-24,26H,17-22,25H2,1-2H3. The second kappa shape index (κ2) is 11.6. The predicted molar refractivity (Wildman–Crippen MR) is 163 cm³/mol. The number of anilines is 2. The van der Waals surface area contributed by atoms with Crippen molar-refractivity contribution < 1.29 is 9.53 Å². The van der Waals surface area contributed by atoms with Gasteiger partial charge < -0.3 is 14.5 Å². The second-order valence-electron chi connectivity index (χ2n) is 11.0. The number of amides is 1. The maximum absolute atomic E-state index is 13.6. The van der Waals surface area contributed by atoms with Gasteiger partial charge in [0.15, 0.2) is 0 Å². The molecule has 0 unspecified atom stereocenters. The van der Waals surface area contributed by atoms with Gasteiger partial charge in [-0.15, -0.1) is 0 Å². The SMILES string of the molecule is CC(C)Oc1ccccc1N1CCN(Cc2cccc(C(=O)N3CCc4cc(-c5ccccc5)ccc43)c2)CC1. The number of rotatable bonds is 7. The van der Waals surface area contributed by atoms with Crippen LogP contribution >= 0.6 is 0 Å². The molecule has 0 saturated carbocycles. The van der Waals surface area contributed by atoms with E-state index in [2.05, 4.69) is 96.4 Å². The normalized spacial score (nSPS) is 15.4. The Labute approximate surface area is 237 Å². The molecule has 1 saturated heterocycles. The van der Waals surface area contributed by atoms with E-state index in [4.69, 9.17) is 4.74 Å². The number of carbonyl (C=O) groups is 1. The summed E-state index contributed by atoms with van der Waals surface area (Å²) in [5.41, 5.74) is 7.79. The van der Waals surface area contributed by atoms with E-state index in [1.54, 1.807) is 0 Å². The molecule has 0 bridgehead atoms. The second-order valence-corrected chi connectivity index (χ2v) is 11.0. The zero-order chi connectivity index (χ0) is 27.5. The first kappa shape index (κ1) is 26.1. The Hall–Kier alpha value is -4.09. The first-order valence-corrected chi connectivity index (χ1v) is 14.4. The van der Waals surface area contributed by atoms with Crippen LogP contribution in [-0.4, -0.2) is 49.6 Å². The van der Waals surface area contributed by atoms with E-state index < -0.39 is 0 Å². The maximum Gasteiger partial charge on any atom is 0.258 e. The summed E-state index contributed by atoms with van der Waals surface area (Å²) >= 11 is 0. The Morgan fingerprint density at radius 3 is 2.33 bits per heavy atom. The zero-order valence-electron chi connectivity index (χ0n) is 23.4. The Bertz CT molecular complexity index is 1480. The molecule has 204 valence electrons. The summed E-state index contributed by atoms with van der Waals surface area (Å²) in [5.74, 6) is 1.04. The van der Waals surface area contributed by atoms with Crippen LogP contribution in [0.3, 0.4) is 0 Å². The topological polar surface area (TPSA) is 36.0 Å². The van der Waals surface area contributed by atoms with Crippen molar-refractivity contribution in [1.82, 2.24) is 4.90 Å². The molecule has 1 amide bonds. The van der Waals surface area contributed by atoms with Crippen molar-refractivity contribution in [1.29, 1.82) is 0 Å². The molecule has 4 aromatic rings.